The Balaban J connectivity index is 2.08. The Kier molecular flexibility index (Phi) is 5.06. The molecule has 0 aliphatic carbocycles. The predicted molar refractivity (Wildman–Crippen MR) is 78.1 cm³/mol. The average Bonchev–Trinajstić information content (AvgIpc) is 2.81. The highest BCUT2D eigenvalue weighted by Crippen LogP contribution is 2.24. The van der Waals surface area contributed by atoms with Gasteiger partial charge in [-0.3, -0.25) is 4.79 Å². The molecule has 0 saturated heterocycles. The molecule has 0 fully saturated rings. The zero-order chi connectivity index (χ0) is 14.7. The molecule has 0 radical (unpaired) electrons. The lowest BCUT2D eigenvalue weighted by Crippen LogP contribution is -2.16. The number of halogens is 4. The molecule has 3 nitrogen and oxygen atoms in total. The van der Waals surface area contributed by atoms with E-state index in [-0.39, 0.29) is 16.8 Å². The second-order valence-corrected chi connectivity index (χ2v) is 5.96. The van der Waals surface area contributed by atoms with Crippen LogP contribution in [-0.4, -0.2) is 10.9 Å². The van der Waals surface area contributed by atoms with Gasteiger partial charge < -0.3 is 5.32 Å². The van der Waals surface area contributed by atoms with Crippen molar-refractivity contribution in [3.63, 3.8) is 0 Å². The number of nitrogens with one attached hydrogen (secondary N) is 1. The summed E-state index contributed by atoms with van der Waals surface area (Å²) in [6.45, 7) is 0. The molecule has 0 atom stereocenters. The van der Waals surface area contributed by atoms with E-state index in [4.69, 9.17) is 11.6 Å². The Hall–Kier alpha value is -1.05. The van der Waals surface area contributed by atoms with Crippen LogP contribution in [-0.2, 0) is 17.1 Å². The molecule has 0 saturated carbocycles. The smallest absolute Gasteiger partial charge is 0.231 e. The van der Waals surface area contributed by atoms with E-state index >= 15 is 0 Å². The minimum Gasteiger partial charge on any atom is -0.321 e. The Morgan fingerprint density at radius 3 is 2.60 bits per heavy atom. The molecule has 1 N–H and O–H groups in total. The van der Waals surface area contributed by atoms with E-state index in [0.29, 0.717) is 10.7 Å². The number of rotatable bonds is 4. The third kappa shape index (κ3) is 3.74. The van der Waals surface area contributed by atoms with Crippen molar-refractivity contribution in [1.82, 2.24) is 4.98 Å². The molecule has 1 heterocycles. The quantitative estimate of drug-likeness (QED) is 0.810. The minimum absolute atomic E-state index is 0.0590. The highest BCUT2D eigenvalue weighted by atomic mass is 79.9. The first-order valence-corrected chi connectivity index (χ1v) is 7.64. The number of amides is 1. The predicted octanol–water partition coefficient (Wildman–Crippen LogP) is 4.10. The molecular weight excluding hydrogens is 374 g/mol. The van der Waals surface area contributed by atoms with Crippen molar-refractivity contribution in [2.75, 3.05) is 5.32 Å². The molecule has 1 aromatic carbocycles. The fourth-order valence-corrected chi connectivity index (χ4v) is 2.90. The molecule has 2 rings (SSSR count). The molecule has 106 valence electrons. The highest BCUT2D eigenvalue weighted by molar-refractivity contribution is 9.10. The van der Waals surface area contributed by atoms with Crippen LogP contribution in [0.2, 0.25) is 0 Å². The second-order valence-electron chi connectivity index (χ2n) is 3.84. The highest BCUT2D eigenvalue weighted by Gasteiger charge is 2.15. The van der Waals surface area contributed by atoms with Crippen LogP contribution >= 0.6 is 38.9 Å². The summed E-state index contributed by atoms with van der Waals surface area (Å²) in [6.07, 6.45) is -0.0590. The topological polar surface area (TPSA) is 42.0 Å². The third-order valence-corrected chi connectivity index (χ3v) is 3.95. The van der Waals surface area contributed by atoms with Gasteiger partial charge >= 0.3 is 0 Å². The van der Waals surface area contributed by atoms with Gasteiger partial charge in [0.2, 0.25) is 5.91 Å². The molecular formula is C12H8BrClF2N2OS. The largest absolute Gasteiger partial charge is 0.321 e. The summed E-state index contributed by atoms with van der Waals surface area (Å²) in [4.78, 5) is 15.8. The first-order chi connectivity index (χ1) is 9.49. The number of alkyl halides is 1. The number of hydrogen-bond donors (Lipinski definition) is 1. The number of benzene rings is 1. The van der Waals surface area contributed by atoms with Crippen LogP contribution in [0, 0.1) is 11.6 Å². The van der Waals surface area contributed by atoms with Crippen LogP contribution in [0.5, 0.6) is 0 Å². The van der Waals surface area contributed by atoms with Crippen LogP contribution in [0.25, 0.3) is 0 Å². The maximum absolute atomic E-state index is 13.6. The van der Waals surface area contributed by atoms with Gasteiger partial charge in [0.25, 0.3) is 0 Å². The molecule has 1 aromatic heterocycles. The van der Waals surface area contributed by atoms with Gasteiger partial charge in [-0.05, 0) is 12.1 Å². The molecule has 0 aliphatic heterocycles. The van der Waals surface area contributed by atoms with Crippen molar-refractivity contribution >= 4 is 50.5 Å². The normalized spacial score (nSPS) is 10.6. The molecule has 1 amide bonds. The minimum atomic E-state index is -0.842. The molecule has 20 heavy (non-hydrogen) atoms. The standard InChI is InChI=1S/C12H8BrClF2N2OS/c13-6-1-8(15)12(9(16)2-6)18-10(19)3-11-17-7(4-14)5-20-11/h1-2,5H,3-4H2,(H,18,19). The molecule has 0 bridgehead atoms. The summed E-state index contributed by atoms with van der Waals surface area (Å²) in [6, 6.07) is 2.15. The summed E-state index contributed by atoms with van der Waals surface area (Å²) >= 11 is 9.84. The van der Waals surface area contributed by atoms with Crippen LogP contribution in [0.3, 0.4) is 0 Å². The van der Waals surface area contributed by atoms with Crippen LogP contribution in [0.4, 0.5) is 14.5 Å². The number of nitrogens with zero attached hydrogens (tertiary/aromatic N) is 1. The van der Waals surface area contributed by atoms with Gasteiger partial charge in [-0.25, -0.2) is 13.8 Å². The van der Waals surface area contributed by atoms with E-state index < -0.39 is 23.2 Å². The van der Waals surface area contributed by atoms with E-state index in [1.165, 1.54) is 11.3 Å². The second kappa shape index (κ2) is 6.60. The van der Waals surface area contributed by atoms with Crippen molar-refractivity contribution in [2.45, 2.75) is 12.3 Å². The summed E-state index contributed by atoms with van der Waals surface area (Å²) < 4.78 is 27.4. The van der Waals surface area contributed by atoms with E-state index in [1.54, 1.807) is 5.38 Å². The van der Waals surface area contributed by atoms with Gasteiger partial charge in [-0.2, -0.15) is 0 Å². The Bertz CT molecular complexity index is 627. The van der Waals surface area contributed by atoms with Gasteiger partial charge in [0, 0.05) is 9.85 Å². The molecule has 0 aliphatic rings. The van der Waals surface area contributed by atoms with Crippen LogP contribution in [0.15, 0.2) is 22.0 Å². The molecule has 0 unspecified atom stereocenters. The number of anilines is 1. The fourth-order valence-electron chi connectivity index (χ4n) is 1.47. The van der Waals surface area contributed by atoms with E-state index in [1.807, 2.05) is 0 Å². The third-order valence-electron chi connectivity index (χ3n) is 2.32. The lowest BCUT2D eigenvalue weighted by Gasteiger charge is -2.07. The zero-order valence-electron chi connectivity index (χ0n) is 9.92. The van der Waals surface area contributed by atoms with Crippen molar-refractivity contribution in [2.24, 2.45) is 0 Å². The van der Waals surface area contributed by atoms with Gasteiger partial charge in [-0.1, -0.05) is 15.9 Å². The SMILES string of the molecule is O=C(Cc1nc(CCl)cs1)Nc1c(F)cc(Br)cc1F. The summed E-state index contributed by atoms with van der Waals surface area (Å²) in [5.74, 6) is -1.97. The number of hydrogen-bond acceptors (Lipinski definition) is 3. The number of aromatic nitrogens is 1. The Morgan fingerprint density at radius 1 is 1.40 bits per heavy atom. The van der Waals surface area contributed by atoms with E-state index in [9.17, 15) is 13.6 Å². The average molecular weight is 382 g/mol. The van der Waals surface area contributed by atoms with Gasteiger partial charge in [0.1, 0.15) is 10.7 Å². The Labute approximate surface area is 131 Å². The lowest BCUT2D eigenvalue weighted by atomic mass is 10.2. The molecule has 0 spiro atoms. The summed E-state index contributed by atoms with van der Waals surface area (Å²) in [5.41, 5.74) is 0.202. The Morgan fingerprint density at radius 2 is 2.05 bits per heavy atom. The molecule has 8 heteroatoms. The van der Waals surface area contributed by atoms with E-state index in [0.717, 1.165) is 12.1 Å². The zero-order valence-corrected chi connectivity index (χ0v) is 13.1. The maximum Gasteiger partial charge on any atom is 0.231 e. The van der Waals surface area contributed by atoms with Crippen molar-refractivity contribution in [3.8, 4) is 0 Å². The summed E-state index contributed by atoms with van der Waals surface area (Å²) in [5, 5.41) is 4.48. The van der Waals surface area contributed by atoms with Crippen LogP contribution < -0.4 is 5.32 Å². The number of carbonyl (C=O) groups excluding carboxylic acids is 1. The van der Waals surface area contributed by atoms with Crippen molar-refractivity contribution in [1.29, 1.82) is 0 Å². The van der Waals surface area contributed by atoms with Gasteiger partial charge in [-0.15, -0.1) is 22.9 Å². The van der Waals surface area contributed by atoms with Crippen molar-refractivity contribution < 1.29 is 13.6 Å². The maximum atomic E-state index is 13.6. The van der Waals surface area contributed by atoms with Crippen LogP contribution in [0.1, 0.15) is 10.7 Å². The first-order valence-electron chi connectivity index (χ1n) is 5.43. The number of carbonyl (C=O) groups is 1. The van der Waals surface area contributed by atoms with Gasteiger partial charge in [0.05, 0.1) is 18.0 Å². The number of thiazole rings is 1. The first kappa shape index (κ1) is 15.3. The van der Waals surface area contributed by atoms with Gasteiger partial charge in [0.15, 0.2) is 11.6 Å². The molecule has 2 aromatic rings. The summed E-state index contributed by atoms with van der Waals surface area (Å²) in [7, 11) is 0. The fraction of sp³-hybridized carbons (Fsp3) is 0.167. The van der Waals surface area contributed by atoms with E-state index in [2.05, 4.69) is 26.2 Å². The van der Waals surface area contributed by atoms with Crippen molar-refractivity contribution in [3.05, 3.63) is 44.3 Å². The monoisotopic (exact) mass is 380 g/mol. The lowest BCUT2D eigenvalue weighted by molar-refractivity contribution is -0.115.